The summed E-state index contributed by atoms with van der Waals surface area (Å²) in [6, 6.07) is 1.61. The molecule has 1 saturated carbocycles. The molecule has 3 nitrogen and oxygen atoms in total. The first-order valence-electron chi connectivity index (χ1n) is 7.88. The van der Waals surface area contributed by atoms with Crippen LogP contribution >= 0.6 is 0 Å². The van der Waals surface area contributed by atoms with Crippen LogP contribution in [0.3, 0.4) is 0 Å². The van der Waals surface area contributed by atoms with E-state index in [4.69, 9.17) is 0 Å². The zero-order valence-electron chi connectivity index (χ0n) is 12.3. The third-order valence-corrected chi connectivity index (χ3v) is 4.65. The summed E-state index contributed by atoms with van der Waals surface area (Å²) in [6.45, 7) is 5.09. The minimum absolute atomic E-state index is 0.779. The van der Waals surface area contributed by atoms with Crippen LogP contribution in [-0.4, -0.2) is 62.2 Å². The second-order valence-corrected chi connectivity index (χ2v) is 6.35. The van der Waals surface area contributed by atoms with Gasteiger partial charge >= 0.3 is 0 Å². The van der Waals surface area contributed by atoms with E-state index in [2.05, 4.69) is 29.2 Å². The van der Waals surface area contributed by atoms with Gasteiger partial charge in [0.05, 0.1) is 0 Å². The molecule has 1 N–H and O–H groups in total. The second kappa shape index (κ2) is 7.46. The monoisotopic (exact) mass is 253 g/mol. The number of nitrogens with one attached hydrogen (secondary N) is 1. The standard InChI is InChI=1S/C15H31N3/c1-17(2)15-9-5-11-18(13-15)12-6-10-16-14-7-3-4-8-14/h14-16H,3-13H2,1-2H3. The van der Waals surface area contributed by atoms with Crippen LogP contribution in [0.1, 0.15) is 44.9 Å². The fourth-order valence-electron chi connectivity index (χ4n) is 3.39. The van der Waals surface area contributed by atoms with Crippen LogP contribution in [0.4, 0.5) is 0 Å². The van der Waals surface area contributed by atoms with E-state index in [1.54, 1.807) is 0 Å². The third kappa shape index (κ3) is 4.52. The Kier molecular flexibility index (Phi) is 5.93. The number of nitrogens with zero attached hydrogens (tertiary/aromatic N) is 2. The average Bonchev–Trinajstić information content (AvgIpc) is 2.88. The maximum atomic E-state index is 3.72. The Bertz CT molecular complexity index is 224. The largest absolute Gasteiger partial charge is 0.314 e. The summed E-state index contributed by atoms with van der Waals surface area (Å²) in [5.41, 5.74) is 0. The number of hydrogen-bond donors (Lipinski definition) is 1. The highest BCUT2D eigenvalue weighted by atomic mass is 15.2. The maximum absolute atomic E-state index is 3.72. The first-order valence-corrected chi connectivity index (χ1v) is 7.88. The molecule has 2 rings (SSSR count). The summed E-state index contributed by atoms with van der Waals surface area (Å²) >= 11 is 0. The Morgan fingerprint density at radius 3 is 2.61 bits per heavy atom. The van der Waals surface area contributed by atoms with E-state index in [0.717, 1.165) is 12.1 Å². The van der Waals surface area contributed by atoms with Crippen LogP contribution in [0.15, 0.2) is 0 Å². The van der Waals surface area contributed by atoms with Crippen molar-refractivity contribution in [3.05, 3.63) is 0 Å². The minimum atomic E-state index is 0.779. The molecule has 0 radical (unpaired) electrons. The number of likely N-dealkylation sites (N-methyl/N-ethyl adjacent to an activating group) is 1. The average molecular weight is 253 g/mol. The normalized spacial score (nSPS) is 27.2. The van der Waals surface area contributed by atoms with Gasteiger partial charge < -0.3 is 15.1 Å². The number of rotatable bonds is 6. The lowest BCUT2D eigenvalue weighted by Gasteiger charge is -2.36. The zero-order chi connectivity index (χ0) is 12.8. The SMILES string of the molecule is CN(C)C1CCCN(CCCNC2CCCC2)C1. The van der Waals surface area contributed by atoms with Crippen LogP contribution in [0.5, 0.6) is 0 Å². The predicted molar refractivity (Wildman–Crippen MR) is 78.0 cm³/mol. The van der Waals surface area contributed by atoms with E-state index in [-0.39, 0.29) is 0 Å². The smallest absolute Gasteiger partial charge is 0.0217 e. The van der Waals surface area contributed by atoms with Crippen LogP contribution < -0.4 is 5.32 Å². The lowest BCUT2D eigenvalue weighted by atomic mass is 10.0. The summed E-state index contributed by atoms with van der Waals surface area (Å²) in [5.74, 6) is 0. The molecule has 1 unspecified atom stereocenters. The van der Waals surface area contributed by atoms with Gasteiger partial charge in [-0.15, -0.1) is 0 Å². The molecule has 18 heavy (non-hydrogen) atoms. The minimum Gasteiger partial charge on any atom is -0.314 e. The molecule has 2 aliphatic rings. The Balaban J connectivity index is 1.55. The quantitative estimate of drug-likeness (QED) is 0.730. The van der Waals surface area contributed by atoms with Gasteiger partial charge in [-0.05, 0) is 65.8 Å². The van der Waals surface area contributed by atoms with Gasteiger partial charge in [0.1, 0.15) is 0 Å². The van der Waals surface area contributed by atoms with Crippen molar-refractivity contribution in [2.45, 2.75) is 57.0 Å². The van der Waals surface area contributed by atoms with Crippen LogP contribution in [-0.2, 0) is 0 Å². The number of likely N-dealkylation sites (tertiary alicyclic amines) is 1. The summed E-state index contributed by atoms with van der Waals surface area (Å²) < 4.78 is 0. The van der Waals surface area contributed by atoms with E-state index in [1.807, 2.05) is 0 Å². The summed E-state index contributed by atoms with van der Waals surface area (Å²) in [5, 5.41) is 3.72. The highest BCUT2D eigenvalue weighted by molar-refractivity contribution is 4.78. The molecule has 0 aromatic heterocycles. The van der Waals surface area contributed by atoms with Crippen LogP contribution in [0, 0.1) is 0 Å². The molecule has 1 heterocycles. The highest BCUT2D eigenvalue weighted by Gasteiger charge is 2.20. The molecule has 1 saturated heterocycles. The van der Waals surface area contributed by atoms with E-state index in [0.29, 0.717) is 0 Å². The van der Waals surface area contributed by atoms with Gasteiger partial charge in [-0.3, -0.25) is 0 Å². The summed E-state index contributed by atoms with van der Waals surface area (Å²) in [6.07, 6.45) is 9.76. The van der Waals surface area contributed by atoms with E-state index in [9.17, 15) is 0 Å². The molecule has 1 atom stereocenters. The topological polar surface area (TPSA) is 18.5 Å². The van der Waals surface area contributed by atoms with Crippen molar-refractivity contribution in [3.63, 3.8) is 0 Å². The zero-order valence-corrected chi connectivity index (χ0v) is 12.3. The summed E-state index contributed by atoms with van der Waals surface area (Å²) in [7, 11) is 4.44. The van der Waals surface area contributed by atoms with Crippen molar-refractivity contribution in [2.24, 2.45) is 0 Å². The van der Waals surface area contributed by atoms with E-state index >= 15 is 0 Å². The fraction of sp³-hybridized carbons (Fsp3) is 1.00. The molecular formula is C15H31N3. The third-order valence-electron chi connectivity index (χ3n) is 4.65. The lowest BCUT2D eigenvalue weighted by Crippen LogP contribution is -2.45. The van der Waals surface area contributed by atoms with Crippen molar-refractivity contribution >= 4 is 0 Å². The van der Waals surface area contributed by atoms with Gasteiger partial charge in [0.25, 0.3) is 0 Å². The van der Waals surface area contributed by atoms with Gasteiger partial charge in [-0.1, -0.05) is 12.8 Å². The molecule has 1 aliphatic heterocycles. The molecular weight excluding hydrogens is 222 g/mol. The fourth-order valence-corrected chi connectivity index (χ4v) is 3.39. The molecule has 0 aromatic rings. The highest BCUT2D eigenvalue weighted by Crippen LogP contribution is 2.17. The Labute approximate surface area is 113 Å². The number of piperidine rings is 1. The Hall–Kier alpha value is -0.120. The van der Waals surface area contributed by atoms with Gasteiger partial charge in [-0.25, -0.2) is 0 Å². The molecule has 0 bridgehead atoms. The molecule has 0 amide bonds. The van der Waals surface area contributed by atoms with Gasteiger partial charge in [0.2, 0.25) is 0 Å². The molecule has 0 aromatic carbocycles. The first-order chi connectivity index (χ1) is 8.75. The van der Waals surface area contributed by atoms with Crippen LogP contribution in [0.2, 0.25) is 0 Å². The molecule has 3 heteroatoms. The van der Waals surface area contributed by atoms with E-state index < -0.39 is 0 Å². The van der Waals surface area contributed by atoms with E-state index in [1.165, 1.54) is 71.1 Å². The van der Waals surface area contributed by atoms with Crippen molar-refractivity contribution in [1.82, 2.24) is 15.1 Å². The van der Waals surface area contributed by atoms with Gasteiger partial charge in [-0.2, -0.15) is 0 Å². The predicted octanol–water partition coefficient (Wildman–Crippen LogP) is 1.93. The van der Waals surface area contributed by atoms with Crippen molar-refractivity contribution in [1.29, 1.82) is 0 Å². The maximum Gasteiger partial charge on any atom is 0.0217 e. The van der Waals surface area contributed by atoms with Crippen molar-refractivity contribution in [3.8, 4) is 0 Å². The Morgan fingerprint density at radius 1 is 1.11 bits per heavy atom. The lowest BCUT2D eigenvalue weighted by molar-refractivity contribution is 0.132. The number of hydrogen-bond acceptors (Lipinski definition) is 3. The van der Waals surface area contributed by atoms with Crippen LogP contribution in [0.25, 0.3) is 0 Å². The molecule has 2 fully saturated rings. The molecule has 1 aliphatic carbocycles. The summed E-state index contributed by atoms with van der Waals surface area (Å²) in [4.78, 5) is 5.05. The van der Waals surface area contributed by atoms with Crippen molar-refractivity contribution in [2.75, 3.05) is 40.3 Å². The Morgan fingerprint density at radius 2 is 1.89 bits per heavy atom. The van der Waals surface area contributed by atoms with Gasteiger partial charge in [0.15, 0.2) is 0 Å². The molecule has 106 valence electrons. The van der Waals surface area contributed by atoms with Gasteiger partial charge in [0, 0.05) is 18.6 Å². The molecule has 0 spiro atoms. The van der Waals surface area contributed by atoms with Crippen molar-refractivity contribution < 1.29 is 0 Å². The first kappa shape index (κ1) is 14.3. The second-order valence-electron chi connectivity index (χ2n) is 6.35.